The average molecular weight is 290 g/mol. The molecule has 0 radical (unpaired) electrons. The Morgan fingerprint density at radius 3 is 2.85 bits per heavy atom. The van der Waals surface area contributed by atoms with Crippen molar-refractivity contribution in [3.8, 4) is 0 Å². The van der Waals surface area contributed by atoms with Crippen LogP contribution < -0.4 is 0 Å². The number of likely N-dealkylation sites (tertiary alicyclic amines) is 1. The summed E-state index contributed by atoms with van der Waals surface area (Å²) in [4.78, 5) is 22.7. The molecule has 3 rings (SSSR count). The van der Waals surface area contributed by atoms with Gasteiger partial charge in [-0.25, -0.2) is 4.98 Å². The number of para-hydroxylation sites is 2. The molecule has 0 saturated carbocycles. The molecule has 104 valence electrons. The van der Waals surface area contributed by atoms with Crippen molar-refractivity contribution in [1.29, 1.82) is 0 Å². The maximum absolute atomic E-state index is 11.8. The number of carbonyl (C=O) groups excluding carboxylic acids is 1. The van der Waals surface area contributed by atoms with Gasteiger partial charge in [0.25, 0.3) is 0 Å². The van der Waals surface area contributed by atoms with Gasteiger partial charge in [0.2, 0.25) is 5.91 Å². The summed E-state index contributed by atoms with van der Waals surface area (Å²) >= 11 is 5.82. The van der Waals surface area contributed by atoms with Crippen LogP contribution in [0.15, 0.2) is 30.5 Å². The zero-order valence-corrected chi connectivity index (χ0v) is 11.9. The van der Waals surface area contributed by atoms with Gasteiger partial charge in [-0.3, -0.25) is 9.78 Å². The first kappa shape index (κ1) is 13.3. The average Bonchev–Trinajstić information content (AvgIpc) is 2.85. The van der Waals surface area contributed by atoms with E-state index in [1.165, 1.54) is 0 Å². The summed E-state index contributed by atoms with van der Waals surface area (Å²) in [5.41, 5.74) is 2.72. The van der Waals surface area contributed by atoms with Gasteiger partial charge in [-0.1, -0.05) is 12.1 Å². The zero-order chi connectivity index (χ0) is 13.9. The SMILES string of the molecule is O=C1CC(CCl)CN1CCc1cnc2ccccc2n1. The predicted octanol–water partition coefficient (Wildman–Crippen LogP) is 2.26. The molecule has 0 N–H and O–H groups in total. The van der Waals surface area contributed by atoms with E-state index in [1.54, 1.807) is 6.20 Å². The molecule has 2 heterocycles. The van der Waals surface area contributed by atoms with Crippen LogP contribution in [0.4, 0.5) is 0 Å². The molecule has 1 fully saturated rings. The third-order valence-electron chi connectivity index (χ3n) is 3.65. The number of benzene rings is 1. The number of hydrogen-bond donors (Lipinski definition) is 0. The summed E-state index contributed by atoms with van der Waals surface area (Å²) in [7, 11) is 0. The zero-order valence-electron chi connectivity index (χ0n) is 11.1. The van der Waals surface area contributed by atoms with Gasteiger partial charge in [0, 0.05) is 38.0 Å². The fourth-order valence-electron chi connectivity index (χ4n) is 2.54. The largest absolute Gasteiger partial charge is 0.342 e. The predicted molar refractivity (Wildman–Crippen MR) is 78.6 cm³/mol. The first-order chi connectivity index (χ1) is 9.76. The van der Waals surface area contributed by atoms with Crippen LogP contribution in [0, 0.1) is 5.92 Å². The number of halogens is 1. The molecule has 1 saturated heterocycles. The van der Waals surface area contributed by atoms with Crippen molar-refractivity contribution >= 4 is 28.5 Å². The Labute approximate surface area is 122 Å². The minimum absolute atomic E-state index is 0.199. The summed E-state index contributed by atoms with van der Waals surface area (Å²) in [6.07, 6.45) is 3.10. The fraction of sp³-hybridized carbons (Fsp3) is 0.400. The molecule has 0 spiro atoms. The van der Waals surface area contributed by atoms with Gasteiger partial charge >= 0.3 is 0 Å². The third kappa shape index (κ3) is 2.75. The second-order valence-electron chi connectivity index (χ2n) is 5.16. The molecule has 1 unspecified atom stereocenters. The Morgan fingerprint density at radius 1 is 1.30 bits per heavy atom. The number of fused-ring (bicyclic) bond motifs is 1. The molecule has 20 heavy (non-hydrogen) atoms. The summed E-state index contributed by atoms with van der Waals surface area (Å²) in [5, 5.41) is 0. The summed E-state index contributed by atoms with van der Waals surface area (Å²) in [5.74, 6) is 1.05. The highest BCUT2D eigenvalue weighted by atomic mass is 35.5. The van der Waals surface area contributed by atoms with Gasteiger partial charge in [-0.05, 0) is 18.1 Å². The van der Waals surface area contributed by atoms with Gasteiger partial charge in [0.1, 0.15) is 0 Å². The Balaban J connectivity index is 1.66. The van der Waals surface area contributed by atoms with Crippen LogP contribution >= 0.6 is 11.6 Å². The Hall–Kier alpha value is -1.68. The number of nitrogens with zero attached hydrogens (tertiary/aromatic N) is 3. The van der Waals surface area contributed by atoms with E-state index in [0.717, 1.165) is 29.7 Å². The highest BCUT2D eigenvalue weighted by Crippen LogP contribution is 2.19. The quantitative estimate of drug-likeness (QED) is 0.811. The summed E-state index contributed by atoms with van der Waals surface area (Å²) < 4.78 is 0. The first-order valence-electron chi connectivity index (χ1n) is 6.80. The number of carbonyl (C=O) groups is 1. The Kier molecular flexibility index (Phi) is 3.83. The lowest BCUT2D eigenvalue weighted by atomic mass is 10.1. The lowest BCUT2D eigenvalue weighted by Gasteiger charge is -2.15. The van der Waals surface area contributed by atoms with Crippen LogP contribution in [0.5, 0.6) is 0 Å². The van der Waals surface area contributed by atoms with Gasteiger partial charge in [0.05, 0.1) is 16.7 Å². The molecule has 2 aromatic rings. The second kappa shape index (κ2) is 5.75. The van der Waals surface area contributed by atoms with Crippen LogP contribution in [-0.2, 0) is 11.2 Å². The second-order valence-corrected chi connectivity index (χ2v) is 5.47. The van der Waals surface area contributed by atoms with Crippen LogP contribution in [0.2, 0.25) is 0 Å². The number of hydrogen-bond acceptors (Lipinski definition) is 3. The van der Waals surface area contributed by atoms with E-state index >= 15 is 0 Å². The lowest BCUT2D eigenvalue weighted by Crippen LogP contribution is -2.28. The summed E-state index contributed by atoms with van der Waals surface area (Å²) in [6, 6.07) is 7.80. The van der Waals surface area contributed by atoms with Crippen LogP contribution in [0.1, 0.15) is 12.1 Å². The molecule has 1 aliphatic rings. The monoisotopic (exact) mass is 289 g/mol. The van der Waals surface area contributed by atoms with Gasteiger partial charge < -0.3 is 4.90 Å². The van der Waals surface area contributed by atoms with Crippen molar-refractivity contribution < 1.29 is 4.79 Å². The van der Waals surface area contributed by atoms with Crippen LogP contribution in [0.3, 0.4) is 0 Å². The minimum atomic E-state index is 0.199. The Bertz CT molecular complexity index is 631. The van der Waals surface area contributed by atoms with Crippen LogP contribution in [-0.4, -0.2) is 39.7 Å². The minimum Gasteiger partial charge on any atom is -0.342 e. The molecular weight excluding hydrogens is 274 g/mol. The molecule has 1 amide bonds. The number of aromatic nitrogens is 2. The molecule has 1 atom stereocenters. The van der Waals surface area contributed by atoms with E-state index in [0.29, 0.717) is 24.8 Å². The highest BCUT2D eigenvalue weighted by molar-refractivity contribution is 6.18. The van der Waals surface area contributed by atoms with Gasteiger partial charge in [-0.2, -0.15) is 0 Å². The van der Waals surface area contributed by atoms with E-state index in [1.807, 2.05) is 29.2 Å². The number of amides is 1. The lowest BCUT2D eigenvalue weighted by molar-refractivity contribution is -0.127. The van der Waals surface area contributed by atoms with E-state index in [-0.39, 0.29) is 5.91 Å². The maximum atomic E-state index is 11.8. The molecule has 0 aliphatic carbocycles. The van der Waals surface area contributed by atoms with E-state index in [4.69, 9.17) is 11.6 Å². The van der Waals surface area contributed by atoms with E-state index in [2.05, 4.69) is 9.97 Å². The molecule has 4 nitrogen and oxygen atoms in total. The van der Waals surface area contributed by atoms with Crippen molar-refractivity contribution in [3.63, 3.8) is 0 Å². The van der Waals surface area contributed by atoms with Crippen molar-refractivity contribution in [1.82, 2.24) is 14.9 Å². The molecule has 1 aliphatic heterocycles. The van der Waals surface area contributed by atoms with E-state index in [9.17, 15) is 4.79 Å². The molecule has 1 aromatic carbocycles. The molecule has 0 bridgehead atoms. The number of alkyl halides is 1. The summed E-state index contributed by atoms with van der Waals surface area (Å²) in [6.45, 7) is 1.46. The molecule has 1 aromatic heterocycles. The number of rotatable bonds is 4. The van der Waals surface area contributed by atoms with Gasteiger partial charge in [0.15, 0.2) is 0 Å². The Morgan fingerprint density at radius 2 is 2.10 bits per heavy atom. The smallest absolute Gasteiger partial charge is 0.222 e. The van der Waals surface area contributed by atoms with Crippen molar-refractivity contribution in [2.24, 2.45) is 5.92 Å². The van der Waals surface area contributed by atoms with Crippen molar-refractivity contribution in [2.75, 3.05) is 19.0 Å². The first-order valence-corrected chi connectivity index (χ1v) is 7.34. The van der Waals surface area contributed by atoms with Gasteiger partial charge in [-0.15, -0.1) is 11.6 Å². The highest BCUT2D eigenvalue weighted by Gasteiger charge is 2.28. The fourth-order valence-corrected chi connectivity index (χ4v) is 2.75. The third-order valence-corrected chi connectivity index (χ3v) is 4.09. The van der Waals surface area contributed by atoms with Crippen molar-refractivity contribution in [2.45, 2.75) is 12.8 Å². The maximum Gasteiger partial charge on any atom is 0.222 e. The topological polar surface area (TPSA) is 46.1 Å². The molecule has 5 heteroatoms. The molecular formula is C15H16ClN3O. The normalized spacial score (nSPS) is 18.9. The van der Waals surface area contributed by atoms with E-state index < -0.39 is 0 Å². The van der Waals surface area contributed by atoms with Crippen LogP contribution in [0.25, 0.3) is 11.0 Å². The van der Waals surface area contributed by atoms with Crippen molar-refractivity contribution in [3.05, 3.63) is 36.2 Å². The standard InChI is InChI=1S/C15H16ClN3O/c16-8-11-7-15(20)19(10-11)6-5-12-9-17-13-3-1-2-4-14(13)18-12/h1-4,9,11H,5-8,10H2.